The molecule has 1 heterocycles. The molecule has 4 nitrogen and oxygen atoms in total. The van der Waals surface area contributed by atoms with E-state index in [9.17, 15) is 4.79 Å². The fourth-order valence-corrected chi connectivity index (χ4v) is 1.66. The van der Waals surface area contributed by atoms with Crippen LogP contribution in [0.2, 0.25) is 0 Å². The quantitative estimate of drug-likeness (QED) is 0.736. The van der Waals surface area contributed by atoms with Crippen molar-refractivity contribution in [2.75, 3.05) is 6.54 Å². The van der Waals surface area contributed by atoms with E-state index in [1.807, 2.05) is 6.07 Å². The van der Waals surface area contributed by atoms with Gasteiger partial charge in [0.25, 0.3) is 5.91 Å². The minimum atomic E-state index is -0.0862. The first-order valence-corrected chi connectivity index (χ1v) is 5.54. The lowest BCUT2D eigenvalue weighted by Crippen LogP contribution is -2.33. The van der Waals surface area contributed by atoms with Gasteiger partial charge in [0.1, 0.15) is 11.8 Å². The number of nitrogens with zero attached hydrogens (tertiary/aromatic N) is 3. The van der Waals surface area contributed by atoms with Crippen molar-refractivity contribution < 1.29 is 4.79 Å². The average molecular weight is 227 g/mol. The second-order valence-electron chi connectivity index (χ2n) is 4.02. The van der Waals surface area contributed by atoms with Crippen LogP contribution < -0.4 is 0 Å². The van der Waals surface area contributed by atoms with E-state index in [4.69, 9.17) is 5.26 Å². The first-order chi connectivity index (χ1) is 8.26. The van der Waals surface area contributed by atoms with E-state index in [2.05, 4.69) is 11.6 Å². The molecule has 0 radical (unpaired) electrons. The van der Waals surface area contributed by atoms with E-state index in [0.717, 1.165) is 12.8 Å². The van der Waals surface area contributed by atoms with E-state index in [0.29, 0.717) is 23.8 Å². The summed E-state index contributed by atoms with van der Waals surface area (Å²) in [5.74, 6) is -0.0862. The zero-order valence-electron chi connectivity index (χ0n) is 9.47. The largest absolute Gasteiger partial charge is 0.331 e. The fraction of sp³-hybridized carbons (Fsp3) is 0.308. The number of amides is 1. The smallest absolute Gasteiger partial charge is 0.272 e. The van der Waals surface area contributed by atoms with Crippen molar-refractivity contribution in [2.24, 2.45) is 0 Å². The van der Waals surface area contributed by atoms with Crippen LogP contribution in [0.5, 0.6) is 0 Å². The molecule has 1 aliphatic carbocycles. The Balaban J connectivity index is 2.16. The van der Waals surface area contributed by atoms with Crippen LogP contribution in [0.3, 0.4) is 0 Å². The van der Waals surface area contributed by atoms with Gasteiger partial charge >= 0.3 is 0 Å². The molecule has 0 aromatic carbocycles. The molecule has 0 atom stereocenters. The Bertz CT molecular complexity index is 468. The molecule has 1 aliphatic rings. The van der Waals surface area contributed by atoms with Crippen molar-refractivity contribution >= 4 is 5.91 Å². The molecule has 1 fully saturated rings. The Morgan fingerprint density at radius 2 is 2.41 bits per heavy atom. The van der Waals surface area contributed by atoms with Crippen LogP contribution in [0, 0.1) is 11.3 Å². The minimum absolute atomic E-state index is 0.0862. The van der Waals surface area contributed by atoms with Gasteiger partial charge in [-0.15, -0.1) is 6.58 Å². The summed E-state index contributed by atoms with van der Waals surface area (Å²) in [6, 6.07) is 5.52. The molecule has 17 heavy (non-hydrogen) atoms. The summed E-state index contributed by atoms with van der Waals surface area (Å²) < 4.78 is 0. The number of nitriles is 1. The van der Waals surface area contributed by atoms with Gasteiger partial charge in [-0.2, -0.15) is 5.26 Å². The van der Waals surface area contributed by atoms with Crippen molar-refractivity contribution in [3.63, 3.8) is 0 Å². The van der Waals surface area contributed by atoms with E-state index in [1.54, 1.807) is 23.1 Å². The third-order valence-electron chi connectivity index (χ3n) is 2.69. The molecule has 1 saturated carbocycles. The molecule has 0 spiro atoms. The van der Waals surface area contributed by atoms with Crippen LogP contribution in [-0.4, -0.2) is 28.4 Å². The van der Waals surface area contributed by atoms with Gasteiger partial charge in [-0.25, -0.2) is 4.98 Å². The van der Waals surface area contributed by atoms with E-state index in [-0.39, 0.29) is 5.91 Å². The lowest BCUT2D eigenvalue weighted by molar-refractivity contribution is 0.0757. The second kappa shape index (κ2) is 4.79. The van der Waals surface area contributed by atoms with Gasteiger partial charge < -0.3 is 4.90 Å². The van der Waals surface area contributed by atoms with Crippen molar-refractivity contribution in [1.82, 2.24) is 9.88 Å². The number of carbonyl (C=O) groups excluding carboxylic acids is 1. The van der Waals surface area contributed by atoms with Crippen LogP contribution in [-0.2, 0) is 0 Å². The zero-order valence-corrected chi connectivity index (χ0v) is 9.47. The Morgan fingerprint density at radius 1 is 1.65 bits per heavy atom. The molecular formula is C13H13N3O. The lowest BCUT2D eigenvalue weighted by atomic mass is 10.2. The molecule has 86 valence electrons. The first-order valence-electron chi connectivity index (χ1n) is 5.54. The number of hydrogen-bond donors (Lipinski definition) is 0. The highest BCUT2D eigenvalue weighted by Crippen LogP contribution is 2.27. The zero-order chi connectivity index (χ0) is 12.3. The molecule has 0 aliphatic heterocycles. The molecule has 0 N–H and O–H groups in total. The number of aromatic nitrogens is 1. The third kappa shape index (κ3) is 2.51. The van der Waals surface area contributed by atoms with Gasteiger partial charge in [-0.05, 0) is 25.0 Å². The van der Waals surface area contributed by atoms with Crippen molar-refractivity contribution in [1.29, 1.82) is 5.26 Å². The summed E-state index contributed by atoms with van der Waals surface area (Å²) in [5, 5.41) is 8.66. The van der Waals surface area contributed by atoms with E-state index < -0.39 is 0 Å². The Hall–Kier alpha value is -2.15. The maximum Gasteiger partial charge on any atom is 0.272 e. The summed E-state index contributed by atoms with van der Waals surface area (Å²) in [5.41, 5.74) is 0.848. The van der Waals surface area contributed by atoms with E-state index in [1.165, 1.54) is 6.20 Å². The summed E-state index contributed by atoms with van der Waals surface area (Å²) in [6.07, 6.45) is 5.25. The van der Waals surface area contributed by atoms with Gasteiger partial charge in [-0.3, -0.25) is 4.79 Å². The molecule has 0 unspecified atom stereocenters. The SMILES string of the molecule is C=CCN(C(=O)c1ccc(C#N)cn1)C1CC1. The standard InChI is InChI=1S/C13H13N3O/c1-2-7-16(11-4-5-11)13(17)12-6-3-10(8-14)9-15-12/h2-3,6,9,11H,1,4-5,7H2. The van der Waals surface area contributed by atoms with Crippen LogP contribution >= 0.6 is 0 Å². The monoisotopic (exact) mass is 227 g/mol. The Morgan fingerprint density at radius 3 is 2.88 bits per heavy atom. The average Bonchev–Trinajstić information content (AvgIpc) is 3.19. The topological polar surface area (TPSA) is 57.0 Å². The summed E-state index contributed by atoms with van der Waals surface area (Å²) in [6.45, 7) is 4.20. The summed E-state index contributed by atoms with van der Waals surface area (Å²) in [7, 11) is 0. The highest BCUT2D eigenvalue weighted by molar-refractivity contribution is 5.92. The van der Waals surface area contributed by atoms with Crippen molar-refractivity contribution in [2.45, 2.75) is 18.9 Å². The van der Waals surface area contributed by atoms with Gasteiger partial charge in [0.2, 0.25) is 0 Å². The van der Waals surface area contributed by atoms with Crippen LogP contribution in [0.25, 0.3) is 0 Å². The summed E-state index contributed by atoms with van der Waals surface area (Å²) >= 11 is 0. The molecular weight excluding hydrogens is 214 g/mol. The van der Waals surface area contributed by atoms with Crippen LogP contribution in [0.1, 0.15) is 28.9 Å². The molecule has 1 aromatic heterocycles. The normalized spacial score (nSPS) is 13.8. The lowest BCUT2D eigenvalue weighted by Gasteiger charge is -2.19. The number of rotatable bonds is 4. The molecule has 4 heteroatoms. The second-order valence-corrected chi connectivity index (χ2v) is 4.02. The van der Waals surface area contributed by atoms with Gasteiger partial charge in [0.15, 0.2) is 0 Å². The van der Waals surface area contributed by atoms with Crippen molar-refractivity contribution in [3.8, 4) is 6.07 Å². The molecule has 0 saturated heterocycles. The molecule has 1 amide bonds. The van der Waals surface area contributed by atoms with Crippen LogP contribution in [0.15, 0.2) is 31.0 Å². The minimum Gasteiger partial charge on any atom is -0.331 e. The first kappa shape index (κ1) is 11.3. The van der Waals surface area contributed by atoms with Gasteiger partial charge in [0.05, 0.1) is 5.56 Å². The van der Waals surface area contributed by atoms with Gasteiger partial charge in [-0.1, -0.05) is 6.08 Å². The highest BCUT2D eigenvalue weighted by atomic mass is 16.2. The highest BCUT2D eigenvalue weighted by Gasteiger charge is 2.32. The molecule has 0 bridgehead atoms. The predicted molar refractivity (Wildman–Crippen MR) is 63.2 cm³/mol. The fourth-order valence-electron chi connectivity index (χ4n) is 1.66. The number of carbonyl (C=O) groups is 1. The maximum atomic E-state index is 12.1. The Kier molecular flexibility index (Phi) is 3.20. The van der Waals surface area contributed by atoms with Crippen LogP contribution in [0.4, 0.5) is 0 Å². The maximum absolute atomic E-state index is 12.1. The van der Waals surface area contributed by atoms with Gasteiger partial charge in [0, 0.05) is 18.8 Å². The Labute approximate surface area is 100 Å². The van der Waals surface area contributed by atoms with E-state index >= 15 is 0 Å². The van der Waals surface area contributed by atoms with Crippen molar-refractivity contribution in [3.05, 3.63) is 42.2 Å². The molecule has 1 aromatic rings. The number of pyridine rings is 1. The summed E-state index contributed by atoms with van der Waals surface area (Å²) in [4.78, 5) is 17.9. The molecule has 2 rings (SSSR count). The third-order valence-corrected chi connectivity index (χ3v) is 2.69. The predicted octanol–water partition coefficient (Wildman–Crippen LogP) is 1.74. The number of hydrogen-bond acceptors (Lipinski definition) is 3.